The Morgan fingerprint density at radius 1 is 1.58 bits per heavy atom. The fourth-order valence-corrected chi connectivity index (χ4v) is 1.99. The van der Waals surface area contributed by atoms with Gasteiger partial charge in [0, 0.05) is 17.8 Å². The molecule has 2 aromatic heterocycles. The number of hydrazone groups is 1. The van der Waals surface area contributed by atoms with Gasteiger partial charge in [-0.2, -0.15) is 5.10 Å². The molecule has 0 bridgehead atoms. The minimum atomic E-state index is -0.463. The van der Waals surface area contributed by atoms with Crippen molar-refractivity contribution in [1.29, 1.82) is 0 Å². The molecule has 0 fully saturated rings. The molecule has 0 unspecified atom stereocenters. The van der Waals surface area contributed by atoms with Gasteiger partial charge in [-0.1, -0.05) is 11.3 Å². The summed E-state index contributed by atoms with van der Waals surface area (Å²) in [6, 6.07) is 4.34. The van der Waals surface area contributed by atoms with E-state index in [1.165, 1.54) is 18.3 Å². The SMILES string of the molecule is Cc1cc(=O)[nH]c(N/N=C/c2ccc([N+](=O)[O-])s2)n1. The van der Waals surface area contributed by atoms with Crippen molar-refractivity contribution in [1.82, 2.24) is 9.97 Å². The summed E-state index contributed by atoms with van der Waals surface area (Å²) in [6.45, 7) is 1.69. The highest BCUT2D eigenvalue weighted by Crippen LogP contribution is 2.22. The first-order valence-electron chi connectivity index (χ1n) is 5.16. The Hall–Kier alpha value is -2.55. The lowest BCUT2D eigenvalue weighted by Gasteiger charge is -1.98. The van der Waals surface area contributed by atoms with Crippen molar-refractivity contribution in [2.24, 2.45) is 5.10 Å². The highest BCUT2D eigenvalue weighted by molar-refractivity contribution is 7.16. The fourth-order valence-electron chi connectivity index (χ4n) is 1.30. The summed E-state index contributed by atoms with van der Waals surface area (Å²) in [4.78, 5) is 28.3. The maximum atomic E-state index is 11.2. The van der Waals surface area contributed by atoms with Crippen molar-refractivity contribution < 1.29 is 4.92 Å². The normalized spacial score (nSPS) is 10.8. The highest BCUT2D eigenvalue weighted by Gasteiger charge is 2.07. The second-order valence-corrected chi connectivity index (χ2v) is 4.63. The Balaban J connectivity index is 2.06. The predicted octanol–water partition coefficient (Wildman–Crippen LogP) is 1.49. The van der Waals surface area contributed by atoms with Gasteiger partial charge in [0.2, 0.25) is 5.95 Å². The summed E-state index contributed by atoms with van der Waals surface area (Å²) < 4.78 is 0. The molecular formula is C10H9N5O3S. The topological polar surface area (TPSA) is 113 Å². The average Bonchev–Trinajstić information content (AvgIpc) is 2.76. The van der Waals surface area contributed by atoms with Crippen LogP contribution in [0.15, 0.2) is 28.1 Å². The molecule has 2 rings (SSSR count). The van der Waals surface area contributed by atoms with E-state index in [9.17, 15) is 14.9 Å². The monoisotopic (exact) mass is 279 g/mol. The van der Waals surface area contributed by atoms with Crippen LogP contribution in [0.3, 0.4) is 0 Å². The number of anilines is 1. The van der Waals surface area contributed by atoms with Crippen molar-refractivity contribution in [3.8, 4) is 0 Å². The van der Waals surface area contributed by atoms with Crippen LogP contribution in [0.2, 0.25) is 0 Å². The Morgan fingerprint density at radius 3 is 3.00 bits per heavy atom. The molecule has 0 saturated carbocycles. The molecule has 0 amide bonds. The molecule has 2 heterocycles. The van der Waals surface area contributed by atoms with Gasteiger partial charge in [0.05, 0.1) is 16.0 Å². The zero-order valence-corrected chi connectivity index (χ0v) is 10.6. The van der Waals surface area contributed by atoms with Crippen molar-refractivity contribution in [2.75, 3.05) is 5.43 Å². The number of nitro groups is 1. The molecule has 0 spiro atoms. The molecule has 0 aliphatic heterocycles. The number of hydrogen-bond donors (Lipinski definition) is 2. The number of aromatic amines is 1. The number of aromatic nitrogens is 2. The molecule has 98 valence electrons. The summed E-state index contributed by atoms with van der Waals surface area (Å²) >= 11 is 1.00. The molecule has 0 aliphatic rings. The Labute approximate surface area is 111 Å². The van der Waals surface area contributed by atoms with Crippen LogP contribution in [0.25, 0.3) is 0 Å². The lowest BCUT2D eigenvalue weighted by molar-refractivity contribution is -0.380. The van der Waals surface area contributed by atoms with E-state index in [1.807, 2.05) is 0 Å². The zero-order chi connectivity index (χ0) is 13.8. The quantitative estimate of drug-likeness (QED) is 0.500. The Bertz CT molecular complexity index is 690. The Kier molecular flexibility index (Phi) is 3.66. The first-order chi connectivity index (χ1) is 9.04. The van der Waals surface area contributed by atoms with Crippen molar-refractivity contribution >= 4 is 28.5 Å². The Morgan fingerprint density at radius 2 is 2.37 bits per heavy atom. The summed E-state index contributed by atoms with van der Waals surface area (Å²) in [5.41, 5.74) is 2.84. The van der Waals surface area contributed by atoms with E-state index in [4.69, 9.17) is 0 Å². The van der Waals surface area contributed by atoms with Gasteiger partial charge in [-0.15, -0.1) is 0 Å². The fraction of sp³-hybridized carbons (Fsp3) is 0.100. The number of H-pyrrole nitrogens is 1. The van der Waals surface area contributed by atoms with Crippen LogP contribution < -0.4 is 11.0 Å². The molecule has 0 aromatic carbocycles. The van der Waals surface area contributed by atoms with Crippen LogP contribution in [0.5, 0.6) is 0 Å². The smallest absolute Gasteiger partial charge is 0.291 e. The molecule has 2 aromatic rings. The van der Waals surface area contributed by atoms with Gasteiger partial charge in [0.25, 0.3) is 5.56 Å². The zero-order valence-electron chi connectivity index (χ0n) is 9.78. The number of hydrogen-bond acceptors (Lipinski definition) is 7. The second kappa shape index (κ2) is 5.40. The third kappa shape index (κ3) is 3.45. The van der Waals surface area contributed by atoms with Crippen LogP contribution in [-0.4, -0.2) is 21.1 Å². The van der Waals surface area contributed by atoms with Crippen LogP contribution >= 0.6 is 11.3 Å². The van der Waals surface area contributed by atoms with E-state index in [0.717, 1.165) is 11.3 Å². The largest absolute Gasteiger partial charge is 0.324 e. The maximum Gasteiger partial charge on any atom is 0.324 e. The molecule has 0 radical (unpaired) electrons. The third-order valence-electron chi connectivity index (χ3n) is 2.02. The maximum absolute atomic E-state index is 11.2. The average molecular weight is 279 g/mol. The van der Waals surface area contributed by atoms with Crippen molar-refractivity contribution in [2.45, 2.75) is 6.92 Å². The molecule has 0 atom stereocenters. The minimum absolute atomic E-state index is 0.0449. The summed E-state index contributed by atoms with van der Waals surface area (Å²) in [5.74, 6) is 0.215. The lowest BCUT2D eigenvalue weighted by atomic mass is 10.4. The highest BCUT2D eigenvalue weighted by atomic mass is 32.1. The van der Waals surface area contributed by atoms with E-state index in [0.29, 0.717) is 10.6 Å². The van der Waals surface area contributed by atoms with Gasteiger partial charge in [-0.3, -0.25) is 19.9 Å². The summed E-state index contributed by atoms with van der Waals surface area (Å²) in [6.07, 6.45) is 1.42. The number of rotatable bonds is 4. The van der Waals surface area contributed by atoms with E-state index < -0.39 is 4.92 Å². The number of thiophene rings is 1. The van der Waals surface area contributed by atoms with Crippen LogP contribution in [0.4, 0.5) is 10.9 Å². The van der Waals surface area contributed by atoms with Gasteiger partial charge < -0.3 is 0 Å². The first-order valence-corrected chi connectivity index (χ1v) is 5.97. The molecule has 9 heteroatoms. The van der Waals surface area contributed by atoms with Crippen LogP contribution in [0, 0.1) is 17.0 Å². The number of aryl methyl sites for hydroxylation is 1. The number of nitrogens with zero attached hydrogens (tertiary/aromatic N) is 3. The van der Waals surface area contributed by atoms with E-state index in [1.54, 1.807) is 13.0 Å². The minimum Gasteiger partial charge on any atom is -0.291 e. The molecule has 0 aliphatic carbocycles. The molecule has 0 saturated heterocycles. The van der Waals surface area contributed by atoms with Gasteiger partial charge >= 0.3 is 5.00 Å². The van der Waals surface area contributed by atoms with Gasteiger partial charge in [-0.25, -0.2) is 10.4 Å². The van der Waals surface area contributed by atoms with Gasteiger partial charge in [0.15, 0.2) is 0 Å². The van der Waals surface area contributed by atoms with E-state index >= 15 is 0 Å². The standard InChI is InChI=1S/C10H9N5O3S/c1-6-4-8(16)13-10(12-6)14-11-5-7-2-3-9(19-7)15(17)18/h2-5H,1H3,(H2,12,13,14,16)/b11-5+. The van der Waals surface area contributed by atoms with Gasteiger partial charge in [-0.05, 0) is 13.0 Å². The van der Waals surface area contributed by atoms with E-state index in [-0.39, 0.29) is 16.5 Å². The van der Waals surface area contributed by atoms with Crippen molar-refractivity contribution in [3.05, 3.63) is 49.2 Å². The van der Waals surface area contributed by atoms with Crippen LogP contribution in [0.1, 0.15) is 10.6 Å². The summed E-state index contributed by atoms with van der Waals surface area (Å²) in [5, 5.41) is 14.4. The number of nitrogens with one attached hydrogen (secondary N) is 2. The molecule has 8 nitrogen and oxygen atoms in total. The first kappa shape index (κ1) is 12.9. The molecular weight excluding hydrogens is 270 g/mol. The van der Waals surface area contributed by atoms with Crippen molar-refractivity contribution in [3.63, 3.8) is 0 Å². The van der Waals surface area contributed by atoms with Gasteiger partial charge in [0.1, 0.15) is 0 Å². The second-order valence-electron chi connectivity index (χ2n) is 3.54. The molecule has 2 N–H and O–H groups in total. The van der Waals surface area contributed by atoms with E-state index in [2.05, 4.69) is 20.5 Å². The third-order valence-corrected chi connectivity index (χ3v) is 3.00. The lowest BCUT2D eigenvalue weighted by Crippen LogP contribution is -2.10. The summed E-state index contributed by atoms with van der Waals surface area (Å²) in [7, 11) is 0. The van der Waals surface area contributed by atoms with Crippen LogP contribution in [-0.2, 0) is 0 Å². The predicted molar refractivity (Wildman–Crippen MR) is 71.8 cm³/mol. The molecule has 19 heavy (non-hydrogen) atoms.